The van der Waals surface area contributed by atoms with Crippen molar-refractivity contribution in [2.24, 2.45) is 5.10 Å². The van der Waals surface area contributed by atoms with Crippen LogP contribution >= 0.6 is 11.3 Å². The molecule has 0 aromatic carbocycles. The molecule has 0 saturated carbocycles. The second-order valence-corrected chi connectivity index (χ2v) is 3.38. The van der Waals surface area contributed by atoms with Gasteiger partial charge in [0.15, 0.2) is 0 Å². The summed E-state index contributed by atoms with van der Waals surface area (Å²) in [5.74, 6) is 0. The Hall–Kier alpha value is -0.805. The zero-order valence-electron chi connectivity index (χ0n) is 6.06. The highest BCUT2D eigenvalue weighted by Gasteiger charge is 2.27. The first-order chi connectivity index (χ1) is 5.29. The van der Waals surface area contributed by atoms with Crippen molar-refractivity contribution in [3.63, 3.8) is 0 Å². The first-order valence-electron chi connectivity index (χ1n) is 3.31. The Morgan fingerprint density at radius 2 is 2.55 bits per heavy atom. The van der Waals surface area contributed by atoms with Crippen LogP contribution in [0.3, 0.4) is 0 Å². The van der Waals surface area contributed by atoms with Crippen molar-refractivity contribution in [2.45, 2.75) is 0 Å². The number of nitrogens with zero attached hydrogens (tertiary/aromatic N) is 2. The molecule has 1 aromatic rings. The molecule has 0 atom stereocenters. The lowest BCUT2D eigenvalue weighted by atomic mass is 9.78. The Labute approximate surface area is 69.1 Å². The van der Waals surface area contributed by atoms with Gasteiger partial charge in [0, 0.05) is 17.4 Å². The van der Waals surface area contributed by atoms with E-state index in [2.05, 4.69) is 5.10 Å². The van der Waals surface area contributed by atoms with E-state index in [0.717, 1.165) is 10.3 Å². The quantitative estimate of drug-likeness (QED) is 0.538. The summed E-state index contributed by atoms with van der Waals surface area (Å²) in [4.78, 5) is 1.54. The average Bonchev–Trinajstić information content (AvgIpc) is 2.45. The lowest BCUT2D eigenvalue weighted by Gasteiger charge is -2.19. The summed E-state index contributed by atoms with van der Waals surface area (Å²) in [6.07, 6.45) is 1.76. The zero-order valence-corrected chi connectivity index (χ0v) is 6.88. The average molecular weight is 166 g/mol. The fourth-order valence-electron chi connectivity index (χ4n) is 1.03. The van der Waals surface area contributed by atoms with Gasteiger partial charge in [0.25, 0.3) is 0 Å². The van der Waals surface area contributed by atoms with E-state index >= 15 is 0 Å². The molecule has 0 radical (unpaired) electrons. The van der Waals surface area contributed by atoms with Gasteiger partial charge in [0.2, 0.25) is 0 Å². The smallest absolute Gasteiger partial charge is 0.427 e. The topological polar surface area (TPSA) is 35.8 Å². The van der Waals surface area contributed by atoms with Crippen LogP contribution in [-0.4, -0.2) is 30.3 Å². The molecule has 5 heteroatoms. The third kappa shape index (κ3) is 0.966. The molecule has 2 rings (SSSR count). The van der Waals surface area contributed by atoms with Crippen molar-refractivity contribution in [1.29, 1.82) is 0 Å². The van der Waals surface area contributed by atoms with Crippen LogP contribution in [0, 0.1) is 0 Å². The number of hydrazone groups is 1. The summed E-state index contributed by atoms with van der Waals surface area (Å²) in [6, 6.07) is 1.96. The summed E-state index contributed by atoms with van der Waals surface area (Å²) in [5.41, 5.74) is 1.03. The van der Waals surface area contributed by atoms with E-state index in [1.165, 1.54) is 0 Å². The van der Waals surface area contributed by atoms with Gasteiger partial charge in [-0.25, -0.2) is 0 Å². The van der Waals surface area contributed by atoms with Gasteiger partial charge in [0.1, 0.15) is 0 Å². The monoisotopic (exact) mass is 166 g/mol. The van der Waals surface area contributed by atoms with Crippen LogP contribution in [-0.2, 0) is 0 Å². The molecule has 1 aliphatic rings. The van der Waals surface area contributed by atoms with Crippen molar-refractivity contribution in [2.75, 3.05) is 7.05 Å². The highest BCUT2D eigenvalue weighted by Crippen LogP contribution is 2.08. The molecule has 0 spiro atoms. The lowest BCUT2D eigenvalue weighted by molar-refractivity contribution is 0.443. The van der Waals surface area contributed by atoms with Crippen LogP contribution in [0.5, 0.6) is 0 Å². The van der Waals surface area contributed by atoms with Crippen molar-refractivity contribution < 1.29 is 5.02 Å². The standard InChI is InChI=1S/C6H7BN2OS/c1-9-7(10)6-5(4-8-9)2-3-11-6/h2-4,10H,1H3. The van der Waals surface area contributed by atoms with E-state index in [-0.39, 0.29) is 0 Å². The van der Waals surface area contributed by atoms with E-state index in [4.69, 9.17) is 0 Å². The largest absolute Gasteiger partial charge is 0.477 e. The van der Waals surface area contributed by atoms with Gasteiger partial charge in [0.05, 0.1) is 6.21 Å². The summed E-state index contributed by atoms with van der Waals surface area (Å²) < 4.78 is 0.975. The second kappa shape index (κ2) is 2.35. The molecule has 0 unspecified atom stereocenters. The SMILES string of the molecule is CN1N=Cc2ccsc2B1O. The first kappa shape index (κ1) is 6.88. The van der Waals surface area contributed by atoms with Crippen LogP contribution in [0.25, 0.3) is 0 Å². The molecule has 56 valence electrons. The van der Waals surface area contributed by atoms with Crippen LogP contribution in [0.2, 0.25) is 0 Å². The predicted octanol–water partition coefficient (Wildman–Crippen LogP) is -0.285. The van der Waals surface area contributed by atoms with E-state index in [1.807, 2.05) is 11.4 Å². The maximum absolute atomic E-state index is 9.54. The van der Waals surface area contributed by atoms with Crippen molar-refractivity contribution in [3.05, 3.63) is 17.0 Å². The fraction of sp³-hybridized carbons (Fsp3) is 0.167. The van der Waals surface area contributed by atoms with Gasteiger partial charge in [-0.1, -0.05) is 0 Å². The minimum atomic E-state index is -0.560. The highest BCUT2D eigenvalue weighted by molar-refractivity contribution is 7.21. The molecule has 3 nitrogen and oxygen atoms in total. The normalized spacial score (nSPS) is 15.5. The fourth-order valence-corrected chi connectivity index (χ4v) is 1.93. The Morgan fingerprint density at radius 1 is 1.73 bits per heavy atom. The number of rotatable bonds is 0. The molecule has 0 amide bonds. The molecular formula is C6H7BN2OS. The van der Waals surface area contributed by atoms with Crippen molar-refractivity contribution >= 4 is 29.4 Å². The number of hydrogen-bond donors (Lipinski definition) is 1. The Morgan fingerprint density at radius 3 is 3.36 bits per heavy atom. The molecule has 2 heterocycles. The number of hydrogen-bond acceptors (Lipinski definition) is 4. The molecule has 11 heavy (non-hydrogen) atoms. The summed E-state index contributed by atoms with van der Waals surface area (Å²) in [6.45, 7) is 0. The zero-order chi connectivity index (χ0) is 7.84. The number of fused-ring (bicyclic) bond motifs is 1. The highest BCUT2D eigenvalue weighted by atomic mass is 32.1. The van der Waals surface area contributed by atoms with Gasteiger partial charge >= 0.3 is 7.05 Å². The van der Waals surface area contributed by atoms with Crippen LogP contribution in [0.1, 0.15) is 5.56 Å². The van der Waals surface area contributed by atoms with E-state index in [1.54, 1.807) is 29.5 Å². The molecule has 0 saturated heterocycles. The molecule has 0 fully saturated rings. The third-order valence-corrected chi connectivity index (χ3v) is 2.67. The molecular weight excluding hydrogens is 159 g/mol. The molecule has 1 aromatic heterocycles. The summed E-state index contributed by atoms with van der Waals surface area (Å²) >= 11 is 1.55. The maximum atomic E-state index is 9.54. The Bertz CT molecular complexity index is 299. The summed E-state index contributed by atoms with van der Waals surface area (Å²) in [7, 11) is 1.19. The van der Waals surface area contributed by atoms with E-state index in [0.29, 0.717) is 0 Å². The van der Waals surface area contributed by atoms with Crippen LogP contribution in [0.4, 0.5) is 0 Å². The number of thiophene rings is 1. The van der Waals surface area contributed by atoms with Gasteiger partial charge in [-0.15, -0.1) is 0 Å². The van der Waals surface area contributed by atoms with E-state index < -0.39 is 7.05 Å². The third-order valence-electron chi connectivity index (χ3n) is 1.69. The van der Waals surface area contributed by atoms with Gasteiger partial charge in [-0.2, -0.15) is 16.4 Å². The van der Waals surface area contributed by atoms with Crippen LogP contribution < -0.4 is 4.78 Å². The molecule has 0 aliphatic carbocycles. The molecule has 0 bridgehead atoms. The van der Waals surface area contributed by atoms with Gasteiger partial charge < -0.3 is 9.94 Å². The van der Waals surface area contributed by atoms with Crippen molar-refractivity contribution in [1.82, 2.24) is 4.92 Å². The van der Waals surface area contributed by atoms with Crippen LogP contribution in [0.15, 0.2) is 16.5 Å². The minimum Gasteiger partial charge on any atom is -0.427 e. The minimum absolute atomic E-state index is 0.560. The van der Waals surface area contributed by atoms with Gasteiger partial charge in [-0.05, 0) is 11.4 Å². The molecule has 1 aliphatic heterocycles. The van der Waals surface area contributed by atoms with Crippen molar-refractivity contribution in [3.8, 4) is 0 Å². The predicted molar refractivity (Wildman–Crippen MR) is 47.3 cm³/mol. The Balaban J connectivity index is 2.48. The van der Waals surface area contributed by atoms with E-state index in [9.17, 15) is 5.02 Å². The van der Waals surface area contributed by atoms with Gasteiger partial charge in [-0.3, -0.25) is 0 Å². The lowest BCUT2D eigenvalue weighted by Crippen LogP contribution is -2.46. The molecule has 1 N–H and O–H groups in total. The first-order valence-corrected chi connectivity index (χ1v) is 4.19. The maximum Gasteiger partial charge on any atom is 0.477 e. The summed E-state index contributed by atoms with van der Waals surface area (Å²) in [5, 5.41) is 15.5. The second-order valence-electron chi connectivity index (χ2n) is 2.43. The Kier molecular flexibility index (Phi) is 1.47.